The number of nitrogens with zero attached hydrogens (tertiary/aromatic N) is 7. The number of aromatic amines is 1. The Morgan fingerprint density at radius 3 is 2.57 bits per heavy atom. The average molecular weight is 658 g/mol. The molecule has 2 saturated heterocycles. The number of H-pyrrole nitrogens is 1. The lowest BCUT2D eigenvalue weighted by molar-refractivity contribution is -0.135. The third-order valence-corrected chi connectivity index (χ3v) is 9.50. The fourth-order valence-electron chi connectivity index (χ4n) is 6.85. The Balaban J connectivity index is 0.972. The summed E-state index contributed by atoms with van der Waals surface area (Å²) in [5, 5.41) is 11.3. The molecule has 5 aromatic rings. The molecule has 2 aliphatic heterocycles. The summed E-state index contributed by atoms with van der Waals surface area (Å²) < 4.78 is 13.5. The minimum atomic E-state index is -0.826. The Hall–Kier alpha value is -5.67. The van der Waals surface area contributed by atoms with Crippen molar-refractivity contribution in [2.45, 2.75) is 25.8 Å². The van der Waals surface area contributed by atoms with Gasteiger partial charge in [0.2, 0.25) is 11.8 Å². The second kappa shape index (κ2) is 13.4. The Labute approximate surface area is 283 Å². The van der Waals surface area contributed by atoms with Crippen LogP contribution >= 0.6 is 0 Å². The smallest absolute Gasteiger partial charge is 0.237 e. The summed E-state index contributed by atoms with van der Waals surface area (Å²) in [5.41, 5.74) is 2.85. The number of nitrogens with one attached hydrogen (secondary N) is 2. The van der Waals surface area contributed by atoms with E-state index in [4.69, 9.17) is 6.42 Å². The van der Waals surface area contributed by atoms with E-state index in [0.717, 1.165) is 27.8 Å². The summed E-state index contributed by atoms with van der Waals surface area (Å²) in [7, 11) is 0. The van der Waals surface area contributed by atoms with Crippen LogP contribution in [0.1, 0.15) is 19.8 Å². The van der Waals surface area contributed by atoms with Crippen molar-refractivity contribution in [3.8, 4) is 35.0 Å². The molecule has 3 aromatic heterocycles. The zero-order chi connectivity index (χ0) is 34.0. The first-order chi connectivity index (χ1) is 23.8. The number of halogens is 1. The van der Waals surface area contributed by atoms with Crippen LogP contribution in [0.5, 0.6) is 0 Å². The van der Waals surface area contributed by atoms with Crippen molar-refractivity contribution in [3.63, 3.8) is 0 Å². The number of hydrogen-bond donors (Lipinski definition) is 2. The summed E-state index contributed by atoms with van der Waals surface area (Å²) in [6, 6.07) is 17.3. The van der Waals surface area contributed by atoms with Gasteiger partial charge in [-0.15, -0.1) is 12.3 Å². The van der Waals surface area contributed by atoms with Gasteiger partial charge in [0.25, 0.3) is 0 Å². The number of benzene rings is 2. The van der Waals surface area contributed by atoms with E-state index in [-0.39, 0.29) is 36.6 Å². The van der Waals surface area contributed by atoms with Crippen LogP contribution in [0.2, 0.25) is 0 Å². The molecule has 0 spiro atoms. The second-order valence-electron chi connectivity index (χ2n) is 12.8. The molecule has 2 aliphatic rings. The van der Waals surface area contributed by atoms with Crippen LogP contribution in [0.3, 0.4) is 0 Å². The maximum Gasteiger partial charge on any atom is 0.237 e. The molecule has 0 saturated carbocycles. The molecular weight excluding hydrogens is 621 g/mol. The first-order valence-electron chi connectivity index (χ1n) is 16.3. The van der Waals surface area contributed by atoms with Gasteiger partial charge in [-0.1, -0.05) is 0 Å². The number of likely N-dealkylation sites (tertiary alicyclic amines) is 1. The van der Waals surface area contributed by atoms with Crippen LogP contribution in [0.15, 0.2) is 79.3 Å². The molecule has 7 rings (SSSR count). The molecule has 0 radical (unpaired) electrons. The number of rotatable bonds is 8. The van der Waals surface area contributed by atoms with E-state index in [0.29, 0.717) is 56.4 Å². The highest BCUT2D eigenvalue weighted by molar-refractivity contribution is 6.00. The van der Waals surface area contributed by atoms with Gasteiger partial charge in [-0.25, -0.2) is 19.3 Å². The van der Waals surface area contributed by atoms with Crippen molar-refractivity contribution >= 4 is 34.2 Å². The average Bonchev–Trinajstić information content (AvgIpc) is 3.73. The number of carbonyl (C=O) groups is 2. The zero-order valence-corrected chi connectivity index (χ0v) is 27.1. The highest BCUT2D eigenvalue weighted by Gasteiger charge is 2.45. The number of fused-ring (bicyclic) bond motifs is 1. The van der Waals surface area contributed by atoms with Gasteiger partial charge < -0.3 is 15.1 Å². The Morgan fingerprint density at radius 1 is 1.04 bits per heavy atom. The molecule has 1 unspecified atom stereocenters. The number of pyridine rings is 1. The van der Waals surface area contributed by atoms with Crippen LogP contribution in [0.4, 0.5) is 15.9 Å². The van der Waals surface area contributed by atoms with Gasteiger partial charge in [0.15, 0.2) is 5.82 Å². The zero-order valence-electron chi connectivity index (χ0n) is 27.1. The summed E-state index contributed by atoms with van der Waals surface area (Å²) in [5.74, 6) is 3.72. The first-order valence-corrected chi connectivity index (χ1v) is 16.3. The van der Waals surface area contributed by atoms with Crippen molar-refractivity contribution in [2.24, 2.45) is 5.41 Å². The molecule has 2 amide bonds. The van der Waals surface area contributed by atoms with Gasteiger partial charge in [0.1, 0.15) is 11.6 Å². The molecule has 248 valence electrons. The lowest BCUT2D eigenvalue weighted by atomic mass is 9.82. The van der Waals surface area contributed by atoms with Gasteiger partial charge in [-0.3, -0.25) is 19.6 Å². The van der Waals surface area contributed by atoms with Gasteiger partial charge in [0.05, 0.1) is 23.2 Å². The normalized spacial score (nSPS) is 19.6. The Bertz CT molecular complexity index is 2010. The second-order valence-corrected chi connectivity index (χ2v) is 12.8. The minimum absolute atomic E-state index is 0.0146. The third kappa shape index (κ3) is 6.58. The largest absolute Gasteiger partial charge is 0.353 e. The molecule has 5 heterocycles. The van der Waals surface area contributed by atoms with Gasteiger partial charge in [0, 0.05) is 79.4 Å². The number of anilines is 2. The summed E-state index contributed by atoms with van der Waals surface area (Å²) in [6.45, 7) is 5.15. The highest BCUT2D eigenvalue weighted by atomic mass is 19.1. The molecular formula is C37H36FN9O2. The molecule has 11 nitrogen and oxygen atoms in total. The van der Waals surface area contributed by atoms with Gasteiger partial charge in [-0.2, -0.15) is 5.10 Å². The monoisotopic (exact) mass is 657 g/mol. The molecule has 0 aliphatic carbocycles. The van der Waals surface area contributed by atoms with E-state index in [9.17, 15) is 14.0 Å². The summed E-state index contributed by atoms with van der Waals surface area (Å²) >= 11 is 0. The van der Waals surface area contributed by atoms with E-state index in [1.165, 1.54) is 12.1 Å². The lowest BCUT2D eigenvalue weighted by Gasteiger charge is -2.41. The Morgan fingerprint density at radius 2 is 1.84 bits per heavy atom. The maximum atomic E-state index is 13.8. The fourth-order valence-corrected chi connectivity index (χ4v) is 6.85. The fraction of sp³-hybridized carbons (Fsp3) is 0.297. The maximum absolute atomic E-state index is 13.8. The number of hydrogen-bond acceptors (Lipinski definition) is 8. The Kier molecular flexibility index (Phi) is 8.76. The third-order valence-electron chi connectivity index (χ3n) is 9.50. The van der Waals surface area contributed by atoms with E-state index in [2.05, 4.69) is 48.2 Å². The van der Waals surface area contributed by atoms with E-state index in [1.807, 2.05) is 40.1 Å². The molecule has 2 N–H and O–H groups in total. The number of amides is 2. The predicted octanol–water partition coefficient (Wildman–Crippen LogP) is 4.61. The molecule has 49 heavy (non-hydrogen) atoms. The van der Waals surface area contributed by atoms with Crippen LogP contribution in [-0.4, -0.2) is 92.1 Å². The van der Waals surface area contributed by atoms with Crippen molar-refractivity contribution in [1.82, 2.24) is 34.9 Å². The van der Waals surface area contributed by atoms with Crippen LogP contribution in [-0.2, 0) is 9.59 Å². The topological polar surface area (TPSA) is 123 Å². The van der Waals surface area contributed by atoms with Crippen molar-refractivity contribution in [1.29, 1.82) is 0 Å². The summed E-state index contributed by atoms with van der Waals surface area (Å²) in [6.07, 6.45) is 11.8. The van der Waals surface area contributed by atoms with E-state index in [1.54, 1.807) is 36.8 Å². The standard InChI is InChI=1S/C37H36FN9O2/c1-3-13-37(36(49)42-29-10-11-31-30(20-29)34(44-43-31)26-5-8-28(38)9-6-26)14-17-45(24-37)23-33(48)47-19-18-46(22-25(47)2)32-12-7-27(21-41-32)35-39-15-4-16-40-35/h1,4-12,15-16,20-21,25H,13-14,17-19,22-24H2,2H3,(H,42,49)(H,43,44)/t25-,37?/m1/s1. The van der Waals surface area contributed by atoms with Crippen LogP contribution < -0.4 is 10.2 Å². The predicted molar refractivity (Wildman–Crippen MR) is 186 cm³/mol. The minimum Gasteiger partial charge on any atom is -0.353 e. The number of aromatic nitrogens is 5. The SMILES string of the molecule is C#CCC1(C(=O)Nc2ccc3[nH]nc(-c4ccc(F)cc4)c3c2)CCN(CC(=O)N2CCN(c3ccc(-c4ncccn4)cn3)C[C@H]2C)C1. The van der Waals surface area contributed by atoms with Crippen LogP contribution in [0.25, 0.3) is 33.5 Å². The quantitative estimate of drug-likeness (QED) is 0.232. The molecule has 2 fully saturated rings. The van der Waals surface area contributed by atoms with E-state index < -0.39 is 5.41 Å². The van der Waals surface area contributed by atoms with Gasteiger partial charge >= 0.3 is 0 Å². The molecule has 12 heteroatoms. The number of carbonyl (C=O) groups excluding carboxylic acids is 2. The van der Waals surface area contributed by atoms with Gasteiger partial charge in [-0.05, 0) is 80.6 Å². The van der Waals surface area contributed by atoms with Crippen molar-refractivity contribution in [2.75, 3.05) is 49.5 Å². The molecule has 2 aromatic carbocycles. The summed E-state index contributed by atoms with van der Waals surface area (Å²) in [4.78, 5) is 46.8. The van der Waals surface area contributed by atoms with Crippen molar-refractivity contribution < 1.29 is 14.0 Å². The number of piperazine rings is 1. The number of terminal acetylenes is 1. The van der Waals surface area contributed by atoms with Crippen molar-refractivity contribution in [3.05, 3.63) is 85.1 Å². The lowest BCUT2D eigenvalue weighted by Crippen LogP contribution is -2.56. The van der Waals surface area contributed by atoms with E-state index >= 15 is 0 Å². The highest BCUT2D eigenvalue weighted by Crippen LogP contribution is 2.36. The first kappa shape index (κ1) is 31.9. The molecule has 2 atom stereocenters. The molecule has 0 bridgehead atoms. The van der Waals surface area contributed by atoms with Crippen LogP contribution in [0, 0.1) is 23.6 Å².